The number of nitrogens with zero attached hydrogens (tertiary/aromatic N) is 3. The first-order valence-corrected chi connectivity index (χ1v) is 13.7. The summed E-state index contributed by atoms with van der Waals surface area (Å²) in [6.45, 7) is 4.38. The molecule has 1 aliphatic carbocycles. The van der Waals surface area contributed by atoms with Crippen molar-refractivity contribution < 1.29 is 27.4 Å². The molecule has 3 unspecified atom stereocenters. The summed E-state index contributed by atoms with van der Waals surface area (Å²) in [5, 5.41) is 0. The molecule has 2 fully saturated rings. The van der Waals surface area contributed by atoms with Gasteiger partial charge in [-0.1, -0.05) is 6.07 Å². The number of hydrogen-bond donors (Lipinski definition) is 0. The number of carbonyl (C=O) groups is 1. The van der Waals surface area contributed by atoms with E-state index in [4.69, 9.17) is 9.47 Å². The van der Waals surface area contributed by atoms with Gasteiger partial charge in [0.15, 0.2) is 0 Å². The Morgan fingerprint density at radius 2 is 2.00 bits per heavy atom. The number of aryl methyl sites for hydroxylation is 1. The molecule has 0 bridgehead atoms. The first-order valence-electron chi connectivity index (χ1n) is 13.7. The zero-order chi connectivity index (χ0) is 26.3. The number of Topliss-reactive ketones (excluding diaryl/α,β-unsaturated/α-hetero) is 1. The standard InChI is InChI=1S/C29H34F3N3O3/c30-29(31,32)23-3-1-19-6-9-34(14-21(19)11-23)16-25(36)12-22-15-35(24-7-10-37-18-24)17-28(22)38-27-4-2-20-13-33-8-5-26(20)27/h1,3,5,8,11,13,22,24,27-28H,2,4,6-7,9-10,12,14-18H2/t22?,24?,27?,28-/m0/s1. The number of aromatic nitrogens is 1. The zero-order valence-corrected chi connectivity index (χ0v) is 21.5. The number of likely N-dealkylation sites (tertiary alicyclic amines) is 1. The predicted octanol–water partition coefficient (Wildman–Crippen LogP) is 4.21. The fourth-order valence-corrected chi connectivity index (χ4v) is 6.62. The second kappa shape index (κ2) is 10.7. The lowest BCUT2D eigenvalue weighted by Gasteiger charge is -2.29. The van der Waals surface area contributed by atoms with Crippen molar-refractivity contribution in [1.82, 2.24) is 14.8 Å². The number of fused-ring (bicyclic) bond motifs is 2. The monoisotopic (exact) mass is 529 g/mol. The van der Waals surface area contributed by atoms with E-state index in [1.54, 1.807) is 6.07 Å². The van der Waals surface area contributed by atoms with Crippen LogP contribution in [0.1, 0.15) is 53.2 Å². The Hall–Kier alpha value is -2.33. The number of benzene rings is 1. The molecule has 0 radical (unpaired) electrons. The smallest absolute Gasteiger partial charge is 0.380 e. The molecule has 38 heavy (non-hydrogen) atoms. The number of alkyl halides is 3. The number of rotatable bonds is 7. The second-order valence-electron chi connectivity index (χ2n) is 11.2. The number of halogens is 3. The lowest BCUT2D eigenvalue weighted by Crippen LogP contribution is -2.36. The summed E-state index contributed by atoms with van der Waals surface area (Å²) in [6, 6.07) is 6.38. The van der Waals surface area contributed by atoms with E-state index in [-0.39, 0.29) is 30.5 Å². The average Bonchev–Trinajstić information content (AvgIpc) is 3.64. The molecule has 4 aliphatic rings. The molecule has 9 heteroatoms. The minimum absolute atomic E-state index is 0.0248. The fraction of sp³-hybridized carbons (Fsp3) is 0.586. The lowest BCUT2D eigenvalue weighted by atomic mass is 9.95. The third-order valence-electron chi connectivity index (χ3n) is 8.65. The van der Waals surface area contributed by atoms with Crippen molar-refractivity contribution in [3.05, 3.63) is 64.5 Å². The largest absolute Gasteiger partial charge is 0.416 e. The molecule has 6 nitrogen and oxygen atoms in total. The van der Waals surface area contributed by atoms with E-state index in [0.717, 1.165) is 57.2 Å². The molecular weight excluding hydrogens is 495 g/mol. The molecule has 3 aliphatic heterocycles. The number of hydrogen-bond acceptors (Lipinski definition) is 6. The molecule has 1 aromatic carbocycles. The van der Waals surface area contributed by atoms with Crippen LogP contribution in [0.4, 0.5) is 13.2 Å². The minimum Gasteiger partial charge on any atom is -0.380 e. The number of ether oxygens (including phenoxy) is 2. The van der Waals surface area contributed by atoms with Crippen LogP contribution in [0, 0.1) is 5.92 Å². The summed E-state index contributed by atoms with van der Waals surface area (Å²) < 4.78 is 51.9. The zero-order valence-electron chi connectivity index (χ0n) is 21.5. The van der Waals surface area contributed by atoms with Gasteiger partial charge in [0.1, 0.15) is 5.78 Å². The molecule has 2 saturated heterocycles. The van der Waals surface area contributed by atoms with Crippen molar-refractivity contribution >= 4 is 5.78 Å². The van der Waals surface area contributed by atoms with Crippen LogP contribution < -0.4 is 0 Å². The summed E-state index contributed by atoms with van der Waals surface area (Å²) in [7, 11) is 0. The van der Waals surface area contributed by atoms with Crippen LogP contribution in [-0.4, -0.2) is 72.1 Å². The first-order chi connectivity index (χ1) is 18.3. The van der Waals surface area contributed by atoms with Crippen LogP contribution in [0.3, 0.4) is 0 Å². The van der Waals surface area contributed by atoms with Gasteiger partial charge in [-0.3, -0.25) is 19.6 Å². The SMILES string of the molecule is O=C(CC1CN(C2CCOC2)C[C@@H]1OC1CCc2cnccc21)CN1CCc2ccc(C(F)(F)F)cc2C1. The van der Waals surface area contributed by atoms with Crippen LogP contribution in [0.25, 0.3) is 0 Å². The van der Waals surface area contributed by atoms with Gasteiger partial charge in [-0.05, 0) is 66.1 Å². The van der Waals surface area contributed by atoms with E-state index in [1.807, 2.05) is 23.4 Å². The maximum atomic E-state index is 13.3. The van der Waals surface area contributed by atoms with Gasteiger partial charge in [0.25, 0.3) is 0 Å². The van der Waals surface area contributed by atoms with Gasteiger partial charge in [-0.2, -0.15) is 13.2 Å². The summed E-state index contributed by atoms with van der Waals surface area (Å²) in [4.78, 5) is 21.9. The Kier molecular flexibility index (Phi) is 7.28. The number of carbonyl (C=O) groups excluding carboxylic acids is 1. The van der Waals surface area contributed by atoms with Crippen LogP contribution in [-0.2, 0) is 39.8 Å². The van der Waals surface area contributed by atoms with Crippen LogP contribution in [0.15, 0.2) is 36.7 Å². The van der Waals surface area contributed by atoms with Gasteiger partial charge in [0, 0.05) is 63.6 Å². The average molecular weight is 530 g/mol. The maximum Gasteiger partial charge on any atom is 0.416 e. The number of pyridine rings is 1. The van der Waals surface area contributed by atoms with Gasteiger partial charge in [-0.15, -0.1) is 0 Å². The maximum absolute atomic E-state index is 13.3. The summed E-state index contributed by atoms with van der Waals surface area (Å²) in [5.41, 5.74) is 3.42. The topological polar surface area (TPSA) is 54.9 Å². The molecule has 0 saturated carbocycles. The van der Waals surface area contributed by atoms with E-state index >= 15 is 0 Å². The van der Waals surface area contributed by atoms with Crippen molar-refractivity contribution in [2.45, 2.75) is 63.1 Å². The first kappa shape index (κ1) is 25.9. The molecule has 4 heterocycles. The van der Waals surface area contributed by atoms with E-state index in [2.05, 4.69) is 9.88 Å². The second-order valence-corrected chi connectivity index (χ2v) is 11.2. The lowest BCUT2D eigenvalue weighted by molar-refractivity contribution is -0.137. The number of ketones is 1. The van der Waals surface area contributed by atoms with Crippen molar-refractivity contribution in [2.75, 3.05) is 39.4 Å². The summed E-state index contributed by atoms with van der Waals surface area (Å²) in [6.07, 6.45) is 3.30. The van der Waals surface area contributed by atoms with Crippen LogP contribution in [0.5, 0.6) is 0 Å². The van der Waals surface area contributed by atoms with Crippen molar-refractivity contribution in [1.29, 1.82) is 0 Å². The predicted molar refractivity (Wildman–Crippen MR) is 135 cm³/mol. The Morgan fingerprint density at radius 1 is 1.11 bits per heavy atom. The van der Waals surface area contributed by atoms with E-state index in [9.17, 15) is 18.0 Å². The van der Waals surface area contributed by atoms with Crippen LogP contribution >= 0.6 is 0 Å². The summed E-state index contributed by atoms with van der Waals surface area (Å²) >= 11 is 0. The van der Waals surface area contributed by atoms with Gasteiger partial charge < -0.3 is 9.47 Å². The summed E-state index contributed by atoms with van der Waals surface area (Å²) in [5.74, 6) is 0.211. The van der Waals surface area contributed by atoms with Crippen molar-refractivity contribution in [2.24, 2.45) is 5.92 Å². The Labute approximate surface area is 221 Å². The van der Waals surface area contributed by atoms with Gasteiger partial charge in [-0.25, -0.2) is 0 Å². The van der Waals surface area contributed by atoms with Gasteiger partial charge in [0.05, 0.1) is 30.9 Å². The van der Waals surface area contributed by atoms with Crippen molar-refractivity contribution in [3.8, 4) is 0 Å². The molecular formula is C29H34F3N3O3. The highest BCUT2D eigenvalue weighted by molar-refractivity contribution is 5.80. The third-order valence-corrected chi connectivity index (χ3v) is 8.65. The Balaban J connectivity index is 1.11. The Bertz CT molecular complexity index is 1170. The minimum atomic E-state index is -4.36. The quantitative estimate of drug-likeness (QED) is 0.536. The molecule has 0 N–H and O–H groups in total. The highest BCUT2D eigenvalue weighted by Gasteiger charge is 2.41. The highest BCUT2D eigenvalue weighted by Crippen LogP contribution is 2.38. The molecule has 0 spiro atoms. The molecule has 6 rings (SSSR count). The highest BCUT2D eigenvalue weighted by atomic mass is 19.4. The molecule has 4 atom stereocenters. The third kappa shape index (κ3) is 5.52. The normalized spacial score (nSPS) is 28.0. The Morgan fingerprint density at radius 3 is 2.82 bits per heavy atom. The molecule has 204 valence electrons. The fourth-order valence-electron chi connectivity index (χ4n) is 6.62. The van der Waals surface area contributed by atoms with Gasteiger partial charge >= 0.3 is 6.18 Å². The van der Waals surface area contributed by atoms with Crippen LogP contribution in [0.2, 0.25) is 0 Å². The molecule has 0 amide bonds. The van der Waals surface area contributed by atoms with E-state index in [0.29, 0.717) is 37.5 Å². The van der Waals surface area contributed by atoms with Crippen molar-refractivity contribution in [3.63, 3.8) is 0 Å². The molecule has 1 aromatic heterocycles. The van der Waals surface area contributed by atoms with E-state index < -0.39 is 11.7 Å². The molecule has 2 aromatic rings. The van der Waals surface area contributed by atoms with Gasteiger partial charge in [0.2, 0.25) is 0 Å². The van der Waals surface area contributed by atoms with E-state index in [1.165, 1.54) is 17.2 Å².